The standard InChI is InChI=1S/C15H18N2O2/c18-14(16-9-11-5-6-11)10-17-8-7-12-3-1-2-4-13(12)15(17)19/h1-4,11H,5-10H2,(H,16,18). The van der Waals surface area contributed by atoms with Gasteiger partial charge in [0.1, 0.15) is 0 Å². The monoisotopic (exact) mass is 258 g/mol. The molecule has 1 heterocycles. The molecule has 1 N–H and O–H groups in total. The Bertz CT molecular complexity index is 509. The minimum atomic E-state index is -0.0420. The Morgan fingerprint density at radius 3 is 2.89 bits per heavy atom. The van der Waals surface area contributed by atoms with Crippen molar-refractivity contribution in [3.63, 3.8) is 0 Å². The summed E-state index contributed by atoms with van der Waals surface area (Å²) in [4.78, 5) is 25.7. The summed E-state index contributed by atoms with van der Waals surface area (Å²) in [6.07, 6.45) is 3.27. The van der Waals surface area contributed by atoms with E-state index in [4.69, 9.17) is 0 Å². The van der Waals surface area contributed by atoms with Crippen LogP contribution in [-0.2, 0) is 11.2 Å². The van der Waals surface area contributed by atoms with E-state index in [1.165, 1.54) is 12.8 Å². The molecule has 3 rings (SSSR count). The van der Waals surface area contributed by atoms with Gasteiger partial charge in [-0.2, -0.15) is 0 Å². The van der Waals surface area contributed by atoms with E-state index in [-0.39, 0.29) is 18.4 Å². The lowest BCUT2D eigenvalue weighted by atomic mass is 9.99. The van der Waals surface area contributed by atoms with Gasteiger partial charge >= 0.3 is 0 Å². The minimum absolute atomic E-state index is 0.0246. The molecule has 100 valence electrons. The summed E-state index contributed by atoms with van der Waals surface area (Å²) in [6.45, 7) is 1.57. The number of hydrogen-bond acceptors (Lipinski definition) is 2. The molecule has 0 atom stereocenters. The molecule has 0 bridgehead atoms. The Hall–Kier alpha value is -1.84. The molecule has 1 aliphatic carbocycles. The summed E-state index contributed by atoms with van der Waals surface area (Å²) in [5, 5.41) is 2.90. The van der Waals surface area contributed by atoms with Crippen molar-refractivity contribution in [1.29, 1.82) is 0 Å². The van der Waals surface area contributed by atoms with Crippen molar-refractivity contribution in [3.8, 4) is 0 Å². The summed E-state index contributed by atoms with van der Waals surface area (Å²) in [5.74, 6) is 0.602. The van der Waals surface area contributed by atoms with Crippen molar-refractivity contribution in [2.24, 2.45) is 5.92 Å². The molecule has 0 aromatic heterocycles. The fourth-order valence-corrected chi connectivity index (χ4v) is 2.43. The predicted octanol–water partition coefficient (Wildman–Crippen LogP) is 1.21. The molecule has 0 saturated heterocycles. The molecule has 19 heavy (non-hydrogen) atoms. The molecule has 0 radical (unpaired) electrons. The molecule has 1 aromatic carbocycles. The van der Waals surface area contributed by atoms with Crippen LogP contribution in [0.15, 0.2) is 24.3 Å². The lowest BCUT2D eigenvalue weighted by molar-refractivity contribution is -0.121. The molecule has 0 spiro atoms. The first-order valence-corrected chi connectivity index (χ1v) is 6.88. The molecule has 4 nitrogen and oxygen atoms in total. The highest BCUT2D eigenvalue weighted by Crippen LogP contribution is 2.27. The third-order valence-corrected chi connectivity index (χ3v) is 3.81. The molecular formula is C15H18N2O2. The zero-order valence-electron chi connectivity index (χ0n) is 10.9. The van der Waals surface area contributed by atoms with Crippen molar-refractivity contribution >= 4 is 11.8 Å². The fraction of sp³-hybridized carbons (Fsp3) is 0.467. The lowest BCUT2D eigenvalue weighted by Gasteiger charge is -2.27. The molecule has 1 aromatic rings. The van der Waals surface area contributed by atoms with E-state index in [0.717, 1.165) is 24.1 Å². The second-order valence-corrected chi connectivity index (χ2v) is 5.38. The van der Waals surface area contributed by atoms with E-state index < -0.39 is 0 Å². The number of fused-ring (bicyclic) bond motifs is 1. The molecule has 1 saturated carbocycles. The van der Waals surface area contributed by atoms with Gasteiger partial charge in [0, 0.05) is 18.7 Å². The van der Waals surface area contributed by atoms with Crippen molar-refractivity contribution in [2.75, 3.05) is 19.6 Å². The molecule has 2 aliphatic rings. The zero-order chi connectivity index (χ0) is 13.2. The van der Waals surface area contributed by atoms with E-state index in [9.17, 15) is 9.59 Å². The first-order valence-electron chi connectivity index (χ1n) is 6.88. The normalized spacial score (nSPS) is 18.1. The molecular weight excluding hydrogens is 240 g/mol. The quantitative estimate of drug-likeness (QED) is 0.882. The smallest absolute Gasteiger partial charge is 0.254 e. The first-order chi connectivity index (χ1) is 9.24. The number of carbonyl (C=O) groups is 2. The van der Waals surface area contributed by atoms with Crippen LogP contribution in [0, 0.1) is 5.92 Å². The number of nitrogens with one attached hydrogen (secondary N) is 1. The topological polar surface area (TPSA) is 49.4 Å². The third kappa shape index (κ3) is 2.78. The fourth-order valence-electron chi connectivity index (χ4n) is 2.43. The van der Waals surface area contributed by atoms with Crippen molar-refractivity contribution < 1.29 is 9.59 Å². The molecule has 4 heteroatoms. The van der Waals surface area contributed by atoms with E-state index in [1.807, 2.05) is 24.3 Å². The highest BCUT2D eigenvalue weighted by molar-refractivity contribution is 5.98. The maximum absolute atomic E-state index is 12.2. The van der Waals surface area contributed by atoms with Crippen LogP contribution in [0.5, 0.6) is 0 Å². The number of hydrogen-bond donors (Lipinski definition) is 1. The van der Waals surface area contributed by atoms with Gasteiger partial charge in [0.2, 0.25) is 5.91 Å². The van der Waals surface area contributed by atoms with Gasteiger partial charge in [0.25, 0.3) is 5.91 Å². The van der Waals surface area contributed by atoms with E-state index in [2.05, 4.69) is 5.32 Å². The Morgan fingerprint density at radius 1 is 1.32 bits per heavy atom. The Morgan fingerprint density at radius 2 is 2.11 bits per heavy atom. The number of rotatable bonds is 4. The molecule has 2 amide bonds. The van der Waals surface area contributed by atoms with Crippen LogP contribution >= 0.6 is 0 Å². The summed E-state index contributed by atoms with van der Waals surface area (Å²) in [5.41, 5.74) is 1.82. The van der Waals surface area contributed by atoms with Crippen LogP contribution in [0.2, 0.25) is 0 Å². The maximum atomic E-state index is 12.2. The van der Waals surface area contributed by atoms with Gasteiger partial charge < -0.3 is 10.2 Å². The van der Waals surface area contributed by atoms with Gasteiger partial charge in [0.15, 0.2) is 0 Å². The van der Waals surface area contributed by atoms with E-state index in [1.54, 1.807) is 4.90 Å². The van der Waals surface area contributed by atoms with Crippen molar-refractivity contribution in [1.82, 2.24) is 10.2 Å². The number of benzene rings is 1. The van der Waals surface area contributed by atoms with Crippen LogP contribution in [0.3, 0.4) is 0 Å². The summed E-state index contributed by atoms with van der Waals surface area (Å²) in [7, 11) is 0. The Kier molecular flexibility index (Phi) is 3.23. The minimum Gasteiger partial charge on any atom is -0.354 e. The average Bonchev–Trinajstić information content (AvgIpc) is 3.24. The Labute approximate surface area is 112 Å². The number of carbonyl (C=O) groups excluding carboxylic acids is 2. The van der Waals surface area contributed by atoms with Gasteiger partial charge in [-0.05, 0) is 36.8 Å². The van der Waals surface area contributed by atoms with Crippen LogP contribution < -0.4 is 5.32 Å². The summed E-state index contributed by atoms with van der Waals surface area (Å²) >= 11 is 0. The molecule has 1 aliphatic heterocycles. The number of amides is 2. The number of nitrogens with zero attached hydrogens (tertiary/aromatic N) is 1. The van der Waals surface area contributed by atoms with Gasteiger partial charge in [-0.15, -0.1) is 0 Å². The predicted molar refractivity (Wildman–Crippen MR) is 71.8 cm³/mol. The van der Waals surface area contributed by atoms with Crippen molar-refractivity contribution in [3.05, 3.63) is 35.4 Å². The SMILES string of the molecule is O=C(CN1CCc2ccccc2C1=O)NCC1CC1. The molecule has 1 fully saturated rings. The van der Waals surface area contributed by atoms with E-state index in [0.29, 0.717) is 12.5 Å². The highest BCUT2D eigenvalue weighted by atomic mass is 16.2. The third-order valence-electron chi connectivity index (χ3n) is 3.81. The van der Waals surface area contributed by atoms with Gasteiger partial charge in [0.05, 0.1) is 6.54 Å². The van der Waals surface area contributed by atoms with Crippen LogP contribution in [0.4, 0.5) is 0 Å². The summed E-state index contributed by atoms with van der Waals surface area (Å²) < 4.78 is 0. The second-order valence-electron chi connectivity index (χ2n) is 5.38. The van der Waals surface area contributed by atoms with Crippen molar-refractivity contribution in [2.45, 2.75) is 19.3 Å². The first kappa shape index (κ1) is 12.2. The van der Waals surface area contributed by atoms with Gasteiger partial charge in [-0.3, -0.25) is 9.59 Å². The van der Waals surface area contributed by atoms with Crippen LogP contribution in [0.1, 0.15) is 28.8 Å². The molecule has 0 unspecified atom stereocenters. The average molecular weight is 258 g/mol. The summed E-state index contributed by atoms with van der Waals surface area (Å²) in [6, 6.07) is 7.64. The van der Waals surface area contributed by atoms with E-state index >= 15 is 0 Å². The zero-order valence-corrected chi connectivity index (χ0v) is 10.9. The van der Waals surface area contributed by atoms with Gasteiger partial charge in [-0.25, -0.2) is 0 Å². The van der Waals surface area contributed by atoms with Crippen LogP contribution in [-0.4, -0.2) is 36.3 Å². The van der Waals surface area contributed by atoms with Crippen LogP contribution in [0.25, 0.3) is 0 Å². The highest BCUT2D eigenvalue weighted by Gasteiger charge is 2.26. The largest absolute Gasteiger partial charge is 0.354 e. The van der Waals surface area contributed by atoms with Gasteiger partial charge in [-0.1, -0.05) is 18.2 Å². The maximum Gasteiger partial charge on any atom is 0.254 e. The second kappa shape index (κ2) is 5.03. The Balaban J connectivity index is 1.60. The lowest BCUT2D eigenvalue weighted by Crippen LogP contribution is -2.44.